The molecule has 0 aromatic rings. The van der Waals surface area contributed by atoms with E-state index in [1.807, 2.05) is 6.92 Å². The lowest BCUT2D eigenvalue weighted by Crippen LogP contribution is -2.29. The maximum atomic E-state index is 12.5. The molecule has 10 heteroatoms. The van der Waals surface area contributed by atoms with Crippen LogP contribution in [0.25, 0.3) is 0 Å². The summed E-state index contributed by atoms with van der Waals surface area (Å²) >= 11 is 0.799. The summed E-state index contributed by atoms with van der Waals surface area (Å²) in [5.41, 5.74) is 0.575. The predicted octanol–water partition coefficient (Wildman–Crippen LogP) is 3.57. The van der Waals surface area contributed by atoms with Crippen molar-refractivity contribution in [3.8, 4) is 0 Å². The number of aliphatic carboxylic acids is 1. The normalized spacial score (nSPS) is 22.1. The van der Waals surface area contributed by atoms with E-state index in [2.05, 4.69) is 4.99 Å². The topological polar surface area (TPSA) is 130 Å². The van der Waals surface area contributed by atoms with Gasteiger partial charge in [-0.05, 0) is 56.7 Å². The Morgan fingerprint density at radius 2 is 2.23 bits per heavy atom. The van der Waals surface area contributed by atoms with Crippen LogP contribution in [-0.4, -0.2) is 50.3 Å². The average molecular weight is 433 g/mol. The summed E-state index contributed by atoms with van der Waals surface area (Å²) in [6.07, 6.45) is 10.4. The van der Waals surface area contributed by atoms with E-state index >= 15 is 0 Å². The van der Waals surface area contributed by atoms with Crippen LogP contribution in [0.4, 0.5) is 4.79 Å². The van der Waals surface area contributed by atoms with E-state index in [4.69, 9.17) is 5.11 Å². The molecule has 2 atom stereocenters. The van der Waals surface area contributed by atoms with E-state index in [9.17, 15) is 24.5 Å². The Morgan fingerprint density at radius 1 is 1.50 bits per heavy atom. The fourth-order valence-electron chi connectivity index (χ4n) is 2.96. The number of amides is 2. The highest BCUT2D eigenvalue weighted by molar-refractivity contribution is 8.18. The summed E-state index contributed by atoms with van der Waals surface area (Å²) in [5, 5.41) is 19.1. The minimum absolute atomic E-state index is 0.0200. The number of carbonyl (C=O) groups is 3. The van der Waals surface area contributed by atoms with Crippen molar-refractivity contribution in [3.05, 3.63) is 57.2 Å². The number of hydrogen-bond donors (Lipinski definition) is 1. The van der Waals surface area contributed by atoms with Gasteiger partial charge in [-0.15, -0.1) is 0 Å². The molecule has 0 aromatic carbocycles. The van der Waals surface area contributed by atoms with Crippen molar-refractivity contribution in [3.63, 3.8) is 0 Å². The molecular formula is C20H23N3O6S. The van der Waals surface area contributed by atoms with Gasteiger partial charge in [0, 0.05) is 25.0 Å². The summed E-state index contributed by atoms with van der Waals surface area (Å²) in [6.45, 7) is 3.74. The number of nitrogens with zero attached hydrogens (tertiary/aromatic N) is 3. The second-order valence-electron chi connectivity index (χ2n) is 6.77. The third-order valence-electron chi connectivity index (χ3n) is 4.56. The second kappa shape index (κ2) is 10.7. The number of thioether (sulfide) groups is 1. The fraction of sp³-hybridized carbons (Fsp3) is 0.400. The molecule has 1 saturated heterocycles. The third kappa shape index (κ3) is 6.24. The van der Waals surface area contributed by atoms with E-state index in [1.165, 1.54) is 6.08 Å². The molecule has 0 bridgehead atoms. The number of allylic oxidation sites excluding steroid dienone is 5. The minimum atomic E-state index is -0.981. The van der Waals surface area contributed by atoms with Gasteiger partial charge < -0.3 is 5.11 Å². The van der Waals surface area contributed by atoms with Gasteiger partial charge in [-0.1, -0.05) is 12.2 Å². The maximum Gasteiger partial charge on any atom is 0.303 e. The zero-order chi connectivity index (χ0) is 22.3. The van der Waals surface area contributed by atoms with Gasteiger partial charge in [0.05, 0.1) is 21.6 Å². The first-order valence-corrected chi connectivity index (χ1v) is 10.2. The lowest BCUT2D eigenvalue weighted by Gasteiger charge is -2.18. The van der Waals surface area contributed by atoms with Crippen molar-refractivity contribution >= 4 is 34.6 Å². The number of carboxylic acid groups (broad SMARTS) is 1. The van der Waals surface area contributed by atoms with Crippen LogP contribution in [0.5, 0.6) is 0 Å². The summed E-state index contributed by atoms with van der Waals surface area (Å²) < 4.78 is 0. The average Bonchev–Trinajstić information content (AvgIpc) is 2.95. The number of nitro groups is 1. The summed E-state index contributed by atoms with van der Waals surface area (Å²) in [4.78, 5) is 51.6. The molecule has 1 N–H and O–H groups in total. The minimum Gasteiger partial charge on any atom is -0.481 e. The number of carboxylic acids is 1. The van der Waals surface area contributed by atoms with Crippen LogP contribution in [-0.2, 0) is 9.59 Å². The molecule has 30 heavy (non-hydrogen) atoms. The van der Waals surface area contributed by atoms with Crippen LogP contribution in [0.2, 0.25) is 0 Å². The maximum absolute atomic E-state index is 12.5. The van der Waals surface area contributed by atoms with Crippen LogP contribution < -0.4 is 0 Å². The zero-order valence-electron chi connectivity index (χ0n) is 16.7. The predicted molar refractivity (Wildman–Crippen MR) is 114 cm³/mol. The highest BCUT2D eigenvalue weighted by atomic mass is 32.2. The highest BCUT2D eigenvalue weighted by Gasteiger charge is 2.34. The van der Waals surface area contributed by atoms with Gasteiger partial charge >= 0.3 is 5.97 Å². The number of rotatable bonds is 9. The van der Waals surface area contributed by atoms with E-state index in [-0.39, 0.29) is 41.9 Å². The fourth-order valence-corrected chi connectivity index (χ4v) is 3.81. The van der Waals surface area contributed by atoms with Crippen molar-refractivity contribution in [2.24, 2.45) is 10.9 Å². The van der Waals surface area contributed by atoms with Crippen LogP contribution in [0.3, 0.4) is 0 Å². The Bertz CT molecular complexity index is 887. The summed E-state index contributed by atoms with van der Waals surface area (Å²) in [5.74, 6) is -1.46. The standard InChI is InChI=1S/C20H23N3O6S/c1-3-5-15(21-13(2)14-7-9-16(10-8-14)23(28)29)12-17-19(26)22(20(27)30-17)11-4-6-18(24)25/h3,5,7,9-10,12-14H,4,6,8,11H2,1-2H3,(H,24,25)/b5-3-,17-12-,21-15+. The van der Waals surface area contributed by atoms with Crippen LogP contribution >= 0.6 is 11.8 Å². The third-order valence-corrected chi connectivity index (χ3v) is 5.47. The van der Waals surface area contributed by atoms with E-state index in [1.54, 1.807) is 37.3 Å². The Hall–Kier alpha value is -3.01. The molecule has 0 radical (unpaired) electrons. The van der Waals surface area contributed by atoms with Crippen molar-refractivity contribution in [2.75, 3.05) is 6.54 Å². The Morgan fingerprint density at radius 3 is 2.80 bits per heavy atom. The lowest BCUT2D eigenvalue weighted by atomic mass is 9.93. The Balaban J connectivity index is 2.12. The molecule has 2 amide bonds. The smallest absolute Gasteiger partial charge is 0.303 e. The van der Waals surface area contributed by atoms with Crippen molar-refractivity contribution in [2.45, 2.75) is 39.2 Å². The molecule has 1 fully saturated rings. The van der Waals surface area contributed by atoms with Crippen molar-refractivity contribution in [1.82, 2.24) is 4.90 Å². The molecule has 0 spiro atoms. The Kier molecular flexibility index (Phi) is 8.28. The molecular weight excluding hydrogens is 410 g/mol. The van der Waals surface area contributed by atoms with Crippen molar-refractivity contribution < 1.29 is 24.4 Å². The quantitative estimate of drug-likeness (QED) is 0.254. The zero-order valence-corrected chi connectivity index (χ0v) is 17.5. The van der Waals surface area contributed by atoms with Crippen LogP contribution in [0, 0.1) is 16.0 Å². The van der Waals surface area contributed by atoms with Gasteiger partial charge in [0.2, 0.25) is 0 Å². The van der Waals surface area contributed by atoms with Gasteiger partial charge in [-0.3, -0.25) is 34.4 Å². The van der Waals surface area contributed by atoms with Crippen LogP contribution in [0.15, 0.2) is 52.1 Å². The number of aliphatic imine (C=N–C) groups is 1. The molecule has 0 aromatic heterocycles. The highest BCUT2D eigenvalue weighted by Crippen LogP contribution is 2.31. The number of carbonyl (C=O) groups excluding carboxylic acids is 2. The molecule has 2 aliphatic rings. The van der Waals surface area contributed by atoms with Gasteiger partial charge in [0.25, 0.3) is 16.8 Å². The van der Waals surface area contributed by atoms with Crippen molar-refractivity contribution in [1.29, 1.82) is 0 Å². The van der Waals surface area contributed by atoms with Gasteiger partial charge in [-0.25, -0.2) is 0 Å². The molecule has 1 heterocycles. The molecule has 2 rings (SSSR count). The van der Waals surface area contributed by atoms with Gasteiger partial charge in [-0.2, -0.15) is 0 Å². The monoisotopic (exact) mass is 433 g/mol. The van der Waals surface area contributed by atoms with E-state index in [0.29, 0.717) is 12.1 Å². The molecule has 1 aliphatic carbocycles. The Labute approximate surface area is 178 Å². The summed E-state index contributed by atoms with van der Waals surface area (Å²) in [7, 11) is 0. The first-order chi connectivity index (χ1) is 14.2. The first kappa shape index (κ1) is 23.3. The largest absolute Gasteiger partial charge is 0.481 e. The first-order valence-electron chi connectivity index (χ1n) is 9.43. The SMILES string of the molecule is C\C=C/C(/C=C1\SC(=O)N(CCCC(=O)O)C1=O)=N\C(C)C1C=CC([N+](=O)[O-])=CC1. The summed E-state index contributed by atoms with van der Waals surface area (Å²) in [6, 6.07) is -0.197. The van der Waals surface area contributed by atoms with Gasteiger partial charge in [0.1, 0.15) is 0 Å². The van der Waals surface area contributed by atoms with Crippen LogP contribution in [0.1, 0.15) is 33.1 Å². The number of hydrogen-bond acceptors (Lipinski definition) is 7. The molecule has 2 unspecified atom stereocenters. The molecule has 0 saturated carbocycles. The molecule has 160 valence electrons. The lowest BCUT2D eigenvalue weighted by molar-refractivity contribution is -0.419. The van der Waals surface area contributed by atoms with E-state index in [0.717, 1.165) is 16.7 Å². The van der Waals surface area contributed by atoms with E-state index < -0.39 is 22.0 Å². The van der Waals surface area contributed by atoms with Gasteiger partial charge in [0.15, 0.2) is 0 Å². The molecule has 9 nitrogen and oxygen atoms in total. The number of imide groups is 1. The molecule has 1 aliphatic heterocycles. The second-order valence-corrected chi connectivity index (χ2v) is 7.76.